The minimum Gasteiger partial charge on any atom is -0.353 e. The zero-order valence-corrected chi connectivity index (χ0v) is 17.2. The fraction of sp³-hybridized carbons (Fsp3) is 0.211. The van der Waals surface area contributed by atoms with E-state index in [1.807, 2.05) is 38.1 Å². The van der Waals surface area contributed by atoms with Crippen molar-refractivity contribution in [1.29, 1.82) is 0 Å². The number of aromatic nitrogens is 1. The summed E-state index contributed by atoms with van der Waals surface area (Å²) >= 11 is 8.70. The van der Waals surface area contributed by atoms with E-state index >= 15 is 0 Å². The van der Waals surface area contributed by atoms with Crippen LogP contribution in [0.2, 0.25) is 5.02 Å². The Kier molecular flexibility index (Phi) is 6.36. The molecule has 3 rings (SSSR count). The van der Waals surface area contributed by atoms with E-state index in [4.69, 9.17) is 11.6 Å². The SMILES string of the molecule is CC(C)NC(=O)CSc1ccccc1C(=O)Nc1nc2ccc(Cl)cc2s1. The van der Waals surface area contributed by atoms with Crippen LogP contribution in [0.5, 0.6) is 0 Å². The van der Waals surface area contributed by atoms with Crippen molar-refractivity contribution >= 4 is 61.9 Å². The molecule has 27 heavy (non-hydrogen) atoms. The standard InChI is InChI=1S/C19H18ClN3O2S2/c1-11(2)21-17(24)10-26-15-6-4-3-5-13(15)18(25)23-19-22-14-8-7-12(20)9-16(14)27-19/h3-9,11H,10H2,1-2H3,(H,21,24)(H,22,23,25). The lowest BCUT2D eigenvalue weighted by Gasteiger charge is -2.10. The number of thioether (sulfide) groups is 1. The number of hydrogen-bond acceptors (Lipinski definition) is 5. The number of fused-ring (bicyclic) bond motifs is 1. The molecular formula is C19H18ClN3O2S2. The molecule has 8 heteroatoms. The Morgan fingerprint density at radius 2 is 2.00 bits per heavy atom. The topological polar surface area (TPSA) is 71.1 Å². The van der Waals surface area contributed by atoms with Gasteiger partial charge < -0.3 is 5.32 Å². The predicted octanol–water partition coefficient (Wildman–Crippen LogP) is 4.82. The fourth-order valence-electron chi connectivity index (χ4n) is 2.40. The second-order valence-corrected chi connectivity index (χ2v) is 8.58. The molecule has 5 nitrogen and oxygen atoms in total. The molecule has 0 fully saturated rings. The first kappa shape index (κ1) is 19.7. The van der Waals surface area contributed by atoms with Crippen LogP contribution in [0.15, 0.2) is 47.4 Å². The second-order valence-electron chi connectivity index (χ2n) is 6.09. The number of anilines is 1. The summed E-state index contributed by atoms with van der Waals surface area (Å²) in [5.41, 5.74) is 1.30. The summed E-state index contributed by atoms with van der Waals surface area (Å²) in [5, 5.41) is 6.82. The number of carbonyl (C=O) groups excluding carboxylic acids is 2. The largest absolute Gasteiger partial charge is 0.353 e. The highest BCUT2D eigenvalue weighted by molar-refractivity contribution is 8.00. The minimum atomic E-state index is -0.257. The van der Waals surface area contributed by atoms with Crippen LogP contribution in [-0.2, 0) is 4.79 Å². The van der Waals surface area contributed by atoms with Gasteiger partial charge in [-0.15, -0.1) is 11.8 Å². The molecule has 0 saturated heterocycles. The van der Waals surface area contributed by atoms with E-state index in [0.29, 0.717) is 15.7 Å². The van der Waals surface area contributed by atoms with Gasteiger partial charge >= 0.3 is 0 Å². The van der Waals surface area contributed by atoms with E-state index in [1.165, 1.54) is 23.1 Å². The molecule has 140 valence electrons. The van der Waals surface area contributed by atoms with Crippen molar-refractivity contribution in [2.45, 2.75) is 24.8 Å². The fourth-order valence-corrected chi connectivity index (χ4v) is 4.40. The van der Waals surface area contributed by atoms with Crippen molar-refractivity contribution in [3.8, 4) is 0 Å². The van der Waals surface area contributed by atoms with E-state index in [1.54, 1.807) is 18.2 Å². The first-order chi connectivity index (χ1) is 12.9. The van der Waals surface area contributed by atoms with Gasteiger partial charge in [0.2, 0.25) is 5.91 Å². The number of hydrogen-bond donors (Lipinski definition) is 2. The summed E-state index contributed by atoms with van der Waals surface area (Å²) in [5.74, 6) is -0.0666. The highest BCUT2D eigenvalue weighted by Crippen LogP contribution is 2.29. The minimum absolute atomic E-state index is 0.0618. The highest BCUT2D eigenvalue weighted by atomic mass is 35.5. The molecule has 0 saturated carbocycles. The monoisotopic (exact) mass is 419 g/mol. The molecule has 0 bridgehead atoms. The second kappa shape index (κ2) is 8.73. The van der Waals surface area contributed by atoms with Gasteiger partial charge in [0.05, 0.1) is 21.5 Å². The maximum atomic E-state index is 12.7. The van der Waals surface area contributed by atoms with E-state index in [9.17, 15) is 9.59 Å². The Bertz CT molecular complexity index is 988. The van der Waals surface area contributed by atoms with Gasteiger partial charge in [0, 0.05) is 16.0 Å². The molecule has 0 unspecified atom stereocenters. The van der Waals surface area contributed by atoms with Gasteiger partial charge in [-0.1, -0.05) is 35.1 Å². The average molecular weight is 420 g/mol. The Balaban J connectivity index is 1.73. The van der Waals surface area contributed by atoms with Gasteiger partial charge in [0.1, 0.15) is 0 Å². The highest BCUT2D eigenvalue weighted by Gasteiger charge is 2.15. The maximum absolute atomic E-state index is 12.7. The molecule has 0 atom stereocenters. The van der Waals surface area contributed by atoms with Gasteiger partial charge in [-0.25, -0.2) is 4.98 Å². The van der Waals surface area contributed by atoms with Crippen molar-refractivity contribution < 1.29 is 9.59 Å². The molecule has 2 aromatic carbocycles. The Hall–Kier alpha value is -2.09. The summed E-state index contributed by atoms with van der Waals surface area (Å²) in [6.45, 7) is 3.82. The number of carbonyl (C=O) groups is 2. The van der Waals surface area contributed by atoms with E-state index < -0.39 is 0 Å². The molecule has 0 aliphatic carbocycles. The van der Waals surface area contributed by atoms with E-state index in [0.717, 1.165) is 15.1 Å². The Labute approximate surface area is 170 Å². The van der Waals surface area contributed by atoms with Gasteiger partial charge in [-0.05, 0) is 44.2 Å². The van der Waals surface area contributed by atoms with E-state index in [2.05, 4.69) is 15.6 Å². The van der Waals surface area contributed by atoms with Crippen LogP contribution in [0.25, 0.3) is 10.2 Å². The maximum Gasteiger partial charge on any atom is 0.258 e. The molecule has 1 heterocycles. The lowest BCUT2D eigenvalue weighted by molar-refractivity contribution is -0.119. The zero-order chi connectivity index (χ0) is 19.4. The Morgan fingerprint density at radius 1 is 1.22 bits per heavy atom. The smallest absolute Gasteiger partial charge is 0.258 e. The first-order valence-corrected chi connectivity index (χ1v) is 10.5. The molecule has 0 spiro atoms. The molecule has 2 amide bonds. The number of nitrogens with one attached hydrogen (secondary N) is 2. The van der Waals surface area contributed by atoms with Gasteiger partial charge in [0.15, 0.2) is 5.13 Å². The Morgan fingerprint density at radius 3 is 2.78 bits per heavy atom. The number of amides is 2. The van der Waals surface area contributed by atoms with Crippen LogP contribution in [0.3, 0.4) is 0 Å². The van der Waals surface area contributed by atoms with Crippen LogP contribution in [0.4, 0.5) is 5.13 Å². The lowest BCUT2D eigenvalue weighted by atomic mass is 10.2. The van der Waals surface area contributed by atoms with Crippen molar-refractivity contribution in [3.63, 3.8) is 0 Å². The summed E-state index contributed by atoms with van der Waals surface area (Å²) in [4.78, 5) is 29.8. The molecule has 0 aliphatic heterocycles. The van der Waals surface area contributed by atoms with Crippen molar-refractivity contribution in [2.75, 3.05) is 11.1 Å². The zero-order valence-electron chi connectivity index (χ0n) is 14.8. The normalized spacial score (nSPS) is 11.0. The van der Waals surface area contributed by atoms with Gasteiger partial charge in [-0.3, -0.25) is 14.9 Å². The van der Waals surface area contributed by atoms with Crippen LogP contribution >= 0.6 is 34.7 Å². The average Bonchev–Trinajstić information content (AvgIpc) is 3.00. The van der Waals surface area contributed by atoms with E-state index in [-0.39, 0.29) is 23.6 Å². The number of halogens is 1. The molecule has 3 aromatic rings. The first-order valence-electron chi connectivity index (χ1n) is 8.31. The van der Waals surface area contributed by atoms with Crippen LogP contribution in [0, 0.1) is 0 Å². The number of benzene rings is 2. The lowest BCUT2D eigenvalue weighted by Crippen LogP contribution is -2.31. The molecule has 0 aliphatic rings. The van der Waals surface area contributed by atoms with Gasteiger partial charge in [0.25, 0.3) is 5.91 Å². The third-order valence-corrected chi connectivity index (χ3v) is 5.75. The van der Waals surface area contributed by atoms with Crippen LogP contribution in [0.1, 0.15) is 24.2 Å². The third kappa shape index (κ3) is 5.22. The summed E-state index contributed by atoms with van der Waals surface area (Å²) < 4.78 is 0.908. The van der Waals surface area contributed by atoms with Crippen LogP contribution < -0.4 is 10.6 Å². The quantitative estimate of drug-likeness (QED) is 0.562. The predicted molar refractivity (Wildman–Crippen MR) is 113 cm³/mol. The number of thiazole rings is 1. The van der Waals surface area contributed by atoms with Crippen molar-refractivity contribution in [3.05, 3.63) is 53.1 Å². The van der Waals surface area contributed by atoms with Gasteiger partial charge in [-0.2, -0.15) is 0 Å². The summed E-state index contributed by atoms with van der Waals surface area (Å²) in [7, 11) is 0. The summed E-state index contributed by atoms with van der Waals surface area (Å²) in [6, 6.07) is 12.7. The summed E-state index contributed by atoms with van der Waals surface area (Å²) in [6.07, 6.45) is 0. The molecule has 0 radical (unpaired) electrons. The third-order valence-electron chi connectivity index (χ3n) is 3.51. The number of rotatable bonds is 6. The van der Waals surface area contributed by atoms with Crippen LogP contribution in [-0.4, -0.2) is 28.6 Å². The van der Waals surface area contributed by atoms with Crippen molar-refractivity contribution in [2.24, 2.45) is 0 Å². The molecule has 1 aromatic heterocycles. The molecule has 2 N–H and O–H groups in total. The van der Waals surface area contributed by atoms with Crippen molar-refractivity contribution in [1.82, 2.24) is 10.3 Å². The molecular weight excluding hydrogens is 402 g/mol. The number of nitrogens with zero attached hydrogens (tertiary/aromatic N) is 1.